The van der Waals surface area contributed by atoms with E-state index in [1.54, 1.807) is 42.6 Å². The van der Waals surface area contributed by atoms with E-state index in [1.165, 1.54) is 30.0 Å². The van der Waals surface area contributed by atoms with Gasteiger partial charge in [0.15, 0.2) is 0 Å². The normalized spacial score (nSPS) is 11.0. The first-order valence-corrected chi connectivity index (χ1v) is 11.0. The minimum absolute atomic E-state index is 0. The van der Waals surface area contributed by atoms with Crippen LogP contribution in [0.5, 0.6) is 0 Å². The molecular weight excluding hydrogens is 453 g/mol. The molecule has 1 heterocycles. The predicted molar refractivity (Wildman–Crippen MR) is 118 cm³/mol. The Balaban J connectivity index is 0.00000300. The van der Waals surface area contributed by atoms with Crippen LogP contribution >= 0.6 is 35.8 Å². The van der Waals surface area contributed by atoms with Gasteiger partial charge in [-0.3, -0.25) is 4.72 Å². The molecule has 0 saturated heterocycles. The standard InChI is InChI=1S/C19H18ClN3O3S2.ClH/c20-17-10-15(23-28(25,26)16-6-2-1-3-7-16)9-14(11-21)18(17)27-19-13(12-24)5-4-8-22-19;/h1-10,23-24H,11-12,21H2;1H. The molecule has 3 aromatic rings. The number of nitrogens with two attached hydrogens (primary N) is 1. The maximum atomic E-state index is 12.5. The van der Waals surface area contributed by atoms with Crippen LogP contribution in [0.2, 0.25) is 5.02 Å². The largest absolute Gasteiger partial charge is 0.392 e. The molecule has 10 heteroatoms. The molecule has 0 aliphatic heterocycles. The fourth-order valence-corrected chi connectivity index (χ4v) is 4.94. The number of aliphatic hydroxyl groups excluding tert-OH is 1. The Morgan fingerprint density at radius 1 is 1.10 bits per heavy atom. The van der Waals surface area contributed by atoms with Gasteiger partial charge in [-0.25, -0.2) is 13.4 Å². The molecule has 0 aliphatic rings. The van der Waals surface area contributed by atoms with Gasteiger partial charge in [-0.2, -0.15) is 0 Å². The Bertz CT molecular complexity index is 1080. The van der Waals surface area contributed by atoms with Gasteiger partial charge in [-0.05, 0) is 35.9 Å². The molecule has 0 unspecified atom stereocenters. The summed E-state index contributed by atoms with van der Waals surface area (Å²) in [6.07, 6.45) is 1.62. The highest BCUT2D eigenvalue weighted by Gasteiger charge is 2.17. The highest BCUT2D eigenvalue weighted by molar-refractivity contribution is 7.99. The van der Waals surface area contributed by atoms with Crippen molar-refractivity contribution in [3.05, 3.63) is 76.9 Å². The summed E-state index contributed by atoms with van der Waals surface area (Å²) >= 11 is 7.71. The minimum atomic E-state index is -3.74. The summed E-state index contributed by atoms with van der Waals surface area (Å²) in [4.78, 5) is 5.09. The van der Waals surface area contributed by atoms with E-state index >= 15 is 0 Å². The van der Waals surface area contributed by atoms with Crippen molar-refractivity contribution in [2.75, 3.05) is 4.72 Å². The third kappa shape index (κ3) is 5.63. The molecule has 0 spiro atoms. The first-order valence-electron chi connectivity index (χ1n) is 8.27. The summed E-state index contributed by atoms with van der Waals surface area (Å²) in [6, 6.07) is 14.8. The summed E-state index contributed by atoms with van der Waals surface area (Å²) < 4.78 is 27.6. The smallest absolute Gasteiger partial charge is 0.261 e. The number of nitrogens with one attached hydrogen (secondary N) is 1. The lowest BCUT2D eigenvalue weighted by molar-refractivity contribution is 0.278. The molecule has 0 aliphatic carbocycles. The maximum Gasteiger partial charge on any atom is 0.261 e. The van der Waals surface area contributed by atoms with Crippen molar-refractivity contribution in [2.45, 2.75) is 28.0 Å². The number of benzene rings is 2. The maximum absolute atomic E-state index is 12.5. The van der Waals surface area contributed by atoms with Crippen molar-refractivity contribution in [3.8, 4) is 0 Å². The molecule has 1 aromatic heterocycles. The minimum Gasteiger partial charge on any atom is -0.392 e. The topological polar surface area (TPSA) is 105 Å². The average molecular weight is 472 g/mol. The van der Waals surface area contributed by atoms with E-state index in [0.717, 1.165) is 0 Å². The van der Waals surface area contributed by atoms with Gasteiger partial charge in [0.1, 0.15) is 5.03 Å². The van der Waals surface area contributed by atoms with Gasteiger partial charge >= 0.3 is 0 Å². The number of halogens is 2. The first kappa shape index (κ1) is 23.5. The van der Waals surface area contributed by atoms with Crippen molar-refractivity contribution >= 4 is 51.5 Å². The van der Waals surface area contributed by atoms with E-state index in [-0.39, 0.29) is 30.5 Å². The fraction of sp³-hybridized carbons (Fsp3) is 0.105. The predicted octanol–water partition coefficient (Wildman–Crippen LogP) is 4.06. The zero-order valence-electron chi connectivity index (χ0n) is 15.1. The van der Waals surface area contributed by atoms with Crippen LogP contribution in [-0.2, 0) is 23.2 Å². The number of hydrogen-bond donors (Lipinski definition) is 3. The Morgan fingerprint density at radius 2 is 1.83 bits per heavy atom. The molecule has 2 aromatic carbocycles. The number of anilines is 1. The average Bonchev–Trinajstić information content (AvgIpc) is 2.70. The van der Waals surface area contributed by atoms with Crippen LogP contribution in [-0.4, -0.2) is 18.5 Å². The van der Waals surface area contributed by atoms with Gasteiger partial charge < -0.3 is 10.8 Å². The van der Waals surface area contributed by atoms with Gasteiger partial charge in [0.2, 0.25) is 0 Å². The van der Waals surface area contributed by atoms with Crippen molar-refractivity contribution in [2.24, 2.45) is 5.73 Å². The number of sulfonamides is 1. The van der Waals surface area contributed by atoms with E-state index in [2.05, 4.69) is 9.71 Å². The monoisotopic (exact) mass is 471 g/mol. The van der Waals surface area contributed by atoms with Gasteiger partial charge in [0, 0.05) is 23.2 Å². The van der Waals surface area contributed by atoms with Crippen LogP contribution in [0.15, 0.2) is 75.6 Å². The molecule has 0 fully saturated rings. The highest BCUT2D eigenvalue weighted by Crippen LogP contribution is 2.38. The van der Waals surface area contributed by atoms with E-state index in [4.69, 9.17) is 17.3 Å². The summed E-state index contributed by atoms with van der Waals surface area (Å²) in [5.41, 5.74) is 7.52. The van der Waals surface area contributed by atoms with Crippen LogP contribution in [0.25, 0.3) is 0 Å². The third-order valence-corrected chi connectivity index (χ3v) is 6.92. The Labute approximate surface area is 185 Å². The first-order chi connectivity index (χ1) is 13.4. The molecule has 154 valence electrons. The lowest BCUT2D eigenvalue weighted by atomic mass is 10.2. The number of rotatable bonds is 7. The molecule has 29 heavy (non-hydrogen) atoms. The van der Waals surface area contributed by atoms with E-state index in [1.807, 2.05) is 0 Å². The molecule has 6 nitrogen and oxygen atoms in total. The summed E-state index contributed by atoms with van der Waals surface area (Å²) in [5, 5.41) is 10.4. The number of aliphatic hydroxyl groups is 1. The number of nitrogens with zero attached hydrogens (tertiary/aromatic N) is 1. The number of pyridine rings is 1. The zero-order valence-corrected chi connectivity index (χ0v) is 18.3. The van der Waals surface area contributed by atoms with Gasteiger partial charge in [-0.1, -0.05) is 47.6 Å². The molecule has 0 radical (unpaired) electrons. The molecule has 0 bridgehead atoms. The Morgan fingerprint density at radius 3 is 2.48 bits per heavy atom. The van der Waals surface area contributed by atoms with Crippen LogP contribution in [0.1, 0.15) is 11.1 Å². The molecule has 0 amide bonds. The number of hydrogen-bond acceptors (Lipinski definition) is 6. The summed E-state index contributed by atoms with van der Waals surface area (Å²) in [6.45, 7) is 0.00492. The van der Waals surface area contributed by atoms with Gasteiger partial charge in [-0.15, -0.1) is 12.4 Å². The van der Waals surface area contributed by atoms with E-state index in [0.29, 0.717) is 31.8 Å². The van der Waals surface area contributed by atoms with Crippen molar-refractivity contribution in [3.63, 3.8) is 0 Å². The number of aromatic nitrogens is 1. The lowest BCUT2D eigenvalue weighted by Gasteiger charge is -2.15. The van der Waals surface area contributed by atoms with E-state index in [9.17, 15) is 13.5 Å². The van der Waals surface area contributed by atoms with Crippen LogP contribution in [0.3, 0.4) is 0 Å². The van der Waals surface area contributed by atoms with Crippen LogP contribution in [0, 0.1) is 0 Å². The Hall–Kier alpha value is -1.81. The fourth-order valence-electron chi connectivity index (χ4n) is 2.52. The zero-order chi connectivity index (χ0) is 20.1. The molecule has 0 saturated carbocycles. The van der Waals surface area contributed by atoms with Gasteiger partial charge in [0.25, 0.3) is 10.0 Å². The second kappa shape index (κ2) is 10.3. The van der Waals surface area contributed by atoms with Crippen molar-refractivity contribution in [1.82, 2.24) is 4.98 Å². The molecule has 0 atom stereocenters. The summed E-state index contributed by atoms with van der Waals surface area (Å²) in [5.74, 6) is 0. The summed E-state index contributed by atoms with van der Waals surface area (Å²) in [7, 11) is -3.74. The second-order valence-corrected chi connectivity index (χ2v) is 8.89. The lowest BCUT2D eigenvalue weighted by Crippen LogP contribution is -2.13. The quantitative estimate of drug-likeness (QED) is 0.479. The van der Waals surface area contributed by atoms with Crippen molar-refractivity contribution in [1.29, 1.82) is 0 Å². The SMILES string of the molecule is Cl.NCc1cc(NS(=O)(=O)c2ccccc2)cc(Cl)c1Sc1ncccc1CO. The molecule has 3 rings (SSSR count). The van der Waals surface area contributed by atoms with Crippen LogP contribution < -0.4 is 10.5 Å². The second-order valence-electron chi connectivity index (χ2n) is 5.80. The molecular formula is C19H19Cl2N3O3S2. The van der Waals surface area contributed by atoms with E-state index < -0.39 is 10.0 Å². The van der Waals surface area contributed by atoms with Crippen molar-refractivity contribution < 1.29 is 13.5 Å². The third-order valence-electron chi connectivity index (χ3n) is 3.87. The van der Waals surface area contributed by atoms with Crippen LogP contribution in [0.4, 0.5) is 5.69 Å². The molecule has 4 N–H and O–H groups in total. The van der Waals surface area contributed by atoms with Gasteiger partial charge in [0.05, 0.1) is 22.2 Å². The Kier molecular flexibility index (Phi) is 8.33. The highest BCUT2D eigenvalue weighted by atomic mass is 35.5.